The fraction of sp³-hybridized carbons (Fsp3) is 0.154. The molecule has 0 unspecified atom stereocenters. The molecular weight excluding hydrogens is 275 g/mol. The molecule has 0 atom stereocenters. The van der Waals surface area contributed by atoms with Crippen molar-refractivity contribution in [2.75, 3.05) is 19.5 Å². The van der Waals surface area contributed by atoms with Gasteiger partial charge in [-0.1, -0.05) is 6.07 Å². The van der Waals surface area contributed by atoms with Crippen LogP contribution in [0, 0.1) is 11.3 Å². The molecule has 2 rings (SSSR count). The lowest BCUT2D eigenvalue weighted by atomic mass is 9.52. The van der Waals surface area contributed by atoms with E-state index in [-0.39, 0.29) is 11.2 Å². The number of nitrogens with one attached hydrogen (secondary N) is 1. The summed E-state index contributed by atoms with van der Waals surface area (Å²) in [5, 5.41) is 21.9. The van der Waals surface area contributed by atoms with Crippen LogP contribution in [0.3, 0.4) is 0 Å². The highest BCUT2D eigenvalue weighted by molar-refractivity contribution is 6.80. The average molecular weight is 286 g/mol. The average Bonchev–Trinajstić information content (AvgIpc) is 2.52. The standard InChI is InChI=1S/C13H11BN2O5/c1-20-12(17)10-11(13(18)21-2)16-9-5-7(6-15)3-4-8(9)14(10)19/h3-5,16,19H,1-2H3. The predicted octanol–water partition coefficient (Wildman–Crippen LogP) is -0.686. The van der Waals surface area contributed by atoms with Gasteiger partial charge in [-0.05, 0) is 17.6 Å². The molecule has 0 bridgehead atoms. The van der Waals surface area contributed by atoms with Crippen molar-refractivity contribution in [3.8, 4) is 6.07 Å². The Kier molecular flexibility index (Phi) is 3.96. The number of hydrogen-bond donors (Lipinski definition) is 2. The molecule has 1 aromatic rings. The van der Waals surface area contributed by atoms with E-state index in [1.165, 1.54) is 18.2 Å². The van der Waals surface area contributed by atoms with Gasteiger partial charge in [0.25, 0.3) is 0 Å². The van der Waals surface area contributed by atoms with Gasteiger partial charge >= 0.3 is 18.9 Å². The van der Waals surface area contributed by atoms with Gasteiger partial charge in [-0.3, -0.25) is 0 Å². The topological polar surface area (TPSA) is 109 Å². The van der Waals surface area contributed by atoms with Crippen molar-refractivity contribution in [3.05, 3.63) is 34.9 Å². The van der Waals surface area contributed by atoms with Gasteiger partial charge in [0.15, 0.2) is 0 Å². The third-order valence-electron chi connectivity index (χ3n) is 3.07. The van der Waals surface area contributed by atoms with E-state index in [9.17, 15) is 14.6 Å². The Bertz CT molecular complexity index is 692. The lowest BCUT2D eigenvalue weighted by molar-refractivity contribution is -0.138. The van der Waals surface area contributed by atoms with Crippen molar-refractivity contribution in [2.45, 2.75) is 0 Å². The first-order chi connectivity index (χ1) is 10.0. The summed E-state index contributed by atoms with van der Waals surface area (Å²) in [5.74, 6) is -1.66. The zero-order valence-corrected chi connectivity index (χ0v) is 11.3. The molecule has 0 radical (unpaired) electrons. The van der Waals surface area contributed by atoms with Gasteiger partial charge in [0.1, 0.15) is 5.70 Å². The van der Waals surface area contributed by atoms with Crippen LogP contribution in [0.4, 0.5) is 5.69 Å². The van der Waals surface area contributed by atoms with Crippen LogP contribution >= 0.6 is 0 Å². The van der Waals surface area contributed by atoms with Crippen LogP contribution in [0.15, 0.2) is 29.4 Å². The van der Waals surface area contributed by atoms with E-state index >= 15 is 0 Å². The van der Waals surface area contributed by atoms with Crippen LogP contribution in [-0.2, 0) is 19.1 Å². The van der Waals surface area contributed by atoms with Crippen molar-refractivity contribution in [2.24, 2.45) is 0 Å². The monoisotopic (exact) mass is 286 g/mol. The van der Waals surface area contributed by atoms with Crippen LogP contribution in [0.2, 0.25) is 0 Å². The Morgan fingerprint density at radius 3 is 2.52 bits per heavy atom. The summed E-state index contributed by atoms with van der Waals surface area (Å²) < 4.78 is 9.18. The first-order valence-corrected chi connectivity index (χ1v) is 5.93. The second kappa shape index (κ2) is 5.69. The van der Waals surface area contributed by atoms with E-state index in [0.717, 1.165) is 14.2 Å². The summed E-state index contributed by atoms with van der Waals surface area (Å²) in [5.41, 5.74) is 0.622. The summed E-state index contributed by atoms with van der Waals surface area (Å²) in [7, 11) is 2.30. The number of benzene rings is 1. The Morgan fingerprint density at radius 1 is 1.29 bits per heavy atom. The van der Waals surface area contributed by atoms with E-state index in [2.05, 4.69) is 14.8 Å². The third kappa shape index (κ3) is 2.46. The van der Waals surface area contributed by atoms with Crippen LogP contribution in [0.25, 0.3) is 0 Å². The second-order valence-electron chi connectivity index (χ2n) is 4.21. The third-order valence-corrected chi connectivity index (χ3v) is 3.07. The van der Waals surface area contributed by atoms with Gasteiger partial charge in [-0.25, -0.2) is 9.59 Å². The molecular formula is C13H11BN2O5. The van der Waals surface area contributed by atoms with Crippen molar-refractivity contribution in [1.82, 2.24) is 0 Å². The van der Waals surface area contributed by atoms with E-state index in [1.807, 2.05) is 6.07 Å². The number of esters is 2. The number of hydrogen-bond acceptors (Lipinski definition) is 7. The van der Waals surface area contributed by atoms with E-state index < -0.39 is 18.9 Å². The van der Waals surface area contributed by atoms with E-state index in [4.69, 9.17) is 5.26 Å². The molecule has 0 spiro atoms. The number of anilines is 1. The molecule has 0 fully saturated rings. The van der Waals surface area contributed by atoms with Gasteiger partial charge in [0, 0.05) is 5.69 Å². The van der Waals surface area contributed by atoms with Gasteiger partial charge in [0.05, 0.1) is 31.3 Å². The Balaban J connectivity index is 2.60. The fourth-order valence-corrected chi connectivity index (χ4v) is 2.05. The number of carbonyl (C=O) groups is 2. The highest BCUT2D eigenvalue weighted by Crippen LogP contribution is 2.22. The maximum atomic E-state index is 11.8. The quantitative estimate of drug-likeness (QED) is 0.547. The SMILES string of the molecule is COC(=O)C1=C(C(=O)OC)B(O)c2ccc(C#N)cc2N1. The van der Waals surface area contributed by atoms with Crippen LogP contribution < -0.4 is 10.8 Å². The molecule has 21 heavy (non-hydrogen) atoms. The van der Waals surface area contributed by atoms with Gasteiger partial charge in [-0.15, -0.1) is 0 Å². The van der Waals surface area contributed by atoms with Crippen LogP contribution in [-0.4, -0.2) is 38.1 Å². The van der Waals surface area contributed by atoms with E-state index in [1.54, 1.807) is 0 Å². The molecule has 0 aliphatic carbocycles. The minimum Gasteiger partial charge on any atom is -0.466 e. The molecule has 8 heteroatoms. The summed E-state index contributed by atoms with van der Waals surface area (Å²) in [6.45, 7) is -1.35. The predicted molar refractivity (Wildman–Crippen MR) is 73.4 cm³/mol. The van der Waals surface area contributed by atoms with Crippen molar-refractivity contribution in [1.29, 1.82) is 5.26 Å². The Hall–Kier alpha value is -2.79. The van der Waals surface area contributed by atoms with Gasteiger partial charge in [0.2, 0.25) is 0 Å². The molecule has 7 nitrogen and oxygen atoms in total. The van der Waals surface area contributed by atoms with E-state index in [0.29, 0.717) is 16.7 Å². The number of carbonyl (C=O) groups excluding carboxylic acids is 2. The summed E-state index contributed by atoms with van der Waals surface area (Å²) in [6.07, 6.45) is 0. The second-order valence-corrected chi connectivity index (χ2v) is 4.21. The van der Waals surface area contributed by atoms with Crippen molar-refractivity contribution < 1.29 is 24.1 Å². The number of nitrogens with zero attached hydrogens (tertiary/aromatic N) is 1. The van der Waals surface area contributed by atoms with Crippen molar-refractivity contribution >= 4 is 30.0 Å². The van der Waals surface area contributed by atoms with Crippen LogP contribution in [0.1, 0.15) is 5.56 Å². The molecule has 2 N–H and O–H groups in total. The molecule has 0 aromatic heterocycles. The molecule has 1 heterocycles. The fourth-order valence-electron chi connectivity index (χ4n) is 2.05. The minimum absolute atomic E-state index is 0.209. The number of ether oxygens (including phenoxy) is 2. The number of rotatable bonds is 2. The maximum Gasteiger partial charge on any atom is 0.371 e. The molecule has 106 valence electrons. The highest BCUT2D eigenvalue weighted by Gasteiger charge is 2.38. The first kappa shape index (κ1) is 14.6. The minimum atomic E-state index is -1.35. The normalized spacial score (nSPS) is 13.0. The molecule has 0 saturated heterocycles. The maximum absolute atomic E-state index is 11.8. The molecule has 1 aliphatic rings. The first-order valence-electron chi connectivity index (χ1n) is 5.93. The number of nitriles is 1. The molecule has 1 aliphatic heterocycles. The Labute approximate surface area is 120 Å². The molecule has 1 aromatic carbocycles. The summed E-state index contributed by atoms with van der Waals surface area (Å²) in [6, 6.07) is 6.42. The van der Waals surface area contributed by atoms with Gasteiger partial charge < -0.3 is 19.8 Å². The summed E-state index contributed by atoms with van der Waals surface area (Å²) >= 11 is 0. The van der Waals surface area contributed by atoms with Crippen LogP contribution in [0.5, 0.6) is 0 Å². The number of methoxy groups -OCH3 is 2. The van der Waals surface area contributed by atoms with Gasteiger partial charge in [-0.2, -0.15) is 5.26 Å². The van der Waals surface area contributed by atoms with Crippen molar-refractivity contribution in [3.63, 3.8) is 0 Å². The Morgan fingerprint density at radius 2 is 1.95 bits per heavy atom. The lowest BCUT2D eigenvalue weighted by Gasteiger charge is -2.24. The smallest absolute Gasteiger partial charge is 0.371 e. The summed E-state index contributed by atoms with van der Waals surface area (Å²) in [4.78, 5) is 23.6. The zero-order chi connectivity index (χ0) is 15.6. The molecule has 0 amide bonds. The lowest BCUT2D eigenvalue weighted by Crippen LogP contribution is -2.44. The highest BCUT2D eigenvalue weighted by atomic mass is 16.5. The largest absolute Gasteiger partial charge is 0.466 e. The number of fused-ring (bicyclic) bond motifs is 1. The zero-order valence-electron chi connectivity index (χ0n) is 11.3. The molecule has 0 saturated carbocycles.